The highest BCUT2D eigenvalue weighted by atomic mass is 19.1. The summed E-state index contributed by atoms with van der Waals surface area (Å²) >= 11 is 0. The van der Waals surface area contributed by atoms with Crippen LogP contribution in [0.2, 0.25) is 0 Å². The van der Waals surface area contributed by atoms with Gasteiger partial charge in [-0.1, -0.05) is 19.9 Å². The van der Waals surface area contributed by atoms with E-state index in [-0.39, 0.29) is 18.2 Å². The Morgan fingerprint density at radius 3 is 2.65 bits per heavy atom. The van der Waals surface area contributed by atoms with Crippen molar-refractivity contribution in [1.82, 2.24) is 5.32 Å². The van der Waals surface area contributed by atoms with Crippen LogP contribution < -0.4 is 10.1 Å². The number of hydrogen-bond acceptors (Lipinski definition) is 3. The van der Waals surface area contributed by atoms with Gasteiger partial charge in [0.05, 0.1) is 12.7 Å². The van der Waals surface area contributed by atoms with Crippen molar-refractivity contribution in [3.05, 3.63) is 29.6 Å². The van der Waals surface area contributed by atoms with E-state index in [2.05, 4.69) is 5.32 Å². The zero-order chi connectivity index (χ0) is 13.1. The molecule has 0 aliphatic heterocycles. The Bertz CT molecular complexity index is 378. The zero-order valence-electron chi connectivity index (χ0n) is 10.7. The van der Waals surface area contributed by atoms with Crippen LogP contribution in [-0.2, 0) is 5.60 Å². The first kappa shape index (κ1) is 13.9. The summed E-state index contributed by atoms with van der Waals surface area (Å²) in [6.45, 7) is 5.77. The fourth-order valence-electron chi connectivity index (χ4n) is 1.69. The van der Waals surface area contributed by atoms with Crippen molar-refractivity contribution >= 4 is 0 Å². The number of hydrogen-bond donors (Lipinski definition) is 2. The molecule has 4 heteroatoms. The molecule has 96 valence electrons. The SMILES string of the molecule is COc1cccc(F)c1C(C)(O)CNC(C)C. The number of aliphatic hydroxyl groups is 1. The van der Waals surface area contributed by atoms with E-state index in [1.807, 2.05) is 13.8 Å². The minimum absolute atomic E-state index is 0.190. The molecule has 0 fully saturated rings. The summed E-state index contributed by atoms with van der Waals surface area (Å²) in [5.74, 6) is -0.0968. The van der Waals surface area contributed by atoms with Crippen LogP contribution in [0.15, 0.2) is 18.2 Å². The summed E-state index contributed by atoms with van der Waals surface area (Å²) < 4.78 is 18.9. The summed E-state index contributed by atoms with van der Waals surface area (Å²) in [4.78, 5) is 0. The molecule has 17 heavy (non-hydrogen) atoms. The quantitative estimate of drug-likeness (QED) is 0.829. The first-order valence-corrected chi connectivity index (χ1v) is 5.67. The van der Waals surface area contributed by atoms with Gasteiger partial charge in [0.15, 0.2) is 0 Å². The summed E-state index contributed by atoms with van der Waals surface area (Å²) in [7, 11) is 1.46. The third-order valence-corrected chi connectivity index (χ3v) is 2.59. The topological polar surface area (TPSA) is 41.5 Å². The van der Waals surface area contributed by atoms with Crippen molar-refractivity contribution in [2.75, 3.05) is 13.7 Å². The molecule has 0 saturated heterocycles. The lowest BCUT2D eigenvalue weighted by molar-refractivity contribution is 0.0485. The van der Waals surface area contributed by atoms with E-state index in [4.69, 9.17) is 4.74 Å². The number of methoxy groups -OCH3 is 1. The first-order valence-electron chi connectivity index (χ1n) is 5.67. The predicted molar refractivity (Wildman–Crippen MR) is 65.7 cm³/mol. The van der Waals surface area contributed by atoms with Gasteiger partial charge in [-0.2, -0.15) is 0 Å². The molecule has 0 bridgehead atoms. The highest BCUT2D eigenvalue weighted by Gasteiger charge is 2.30. The van der Waals surface area contributed by atoms with E-state index in [0.717, 1.165) is 0 Å². The lowest BCUT2D eigenvalue weighted by Gasteiger charge is -2.27. The van der Waals surface area contributed by atoms with E-state index < -0.39 is 11.4 Å². The fraction of sp³-hybridized carbons (Fsp3) is 0.538. The Balaban J connectivity index is 3.04. The molecule has 0 heterocycles. The van der Waals surface area contributed by atoms with Gasteiger partial charge in [0.25, 0.3) is 0 Å². The van der Waals surface area contributed by atoms with Gasteiger partial charge >= 0.3 is 0 Å². The molecule has 0 amide bonds. The molecule has 0 spiro atoms. The minimum Gasteiger partial charge on any atom is -0.496 e. The molecule has 1 aromatic rings. The van der Waals surface area contributed by atoms with Gasteiger partial charge in [-0.3, -0.25) is 0 Å². The number of nitrogens with one attached hydrogen (secondary N) is 1. The third kappa shape index (κ3) is 3.41. The average Bonchev–Trinajstić information content (AvgIpc) is 2.25. The summed E-state index contributed by atoms with van der Waals surface area (Å²) in [5, 5.41) is 13.4. The Morgan fingerprint density at radius 2 is 2.12 bits per heavy atom. The maximum Gasteiger partial charge on any atom is 0.133 e. The molecule has 1 atom stereocenters. The molecule has 1 aromatic carbocycles. The van der Waals surface area contributed by atoms with Gasteiger partial charge < -0.3 is 15.2 Å². The lowest BCUT2D eigenvalue weighted by atomic mass is 9.94. The van der Waals surface area contributed by atoms with E-state index in [1.165, 1.54) is 13.2 Å². The molecular weight excluding hydrogens is 221 g/mol. The maximum absolute atomic E-state index is 13.8. The van der Waals surface area contributed by atoms with Crippen molar-refractivity contribution < 1.29 is 14.2 Å². The van der Waals surface area contributed by atoms with Crippen molar-refractivity contribution in [1.29, 1.82) is 0 Å². The summed E-state index contributed by atoms with van der Waals surface area (Å²) in [6.07, 6.45) is 0. The normalized spacial score (nSPS) is 14.8. The highest BCUT2D eigenvalue weighted by Crippen LogP contribution is 2.31. The molecule has 0 aliphatic rings. The van der Waals surface area contributed by atoms with Gasteiger partial charge in [0.2, 0.25) is 0 Å². The van der Waals surface area contributed by atoms with Crippen LogP contribution in [0, 0.1) is 5.82 Å². The average molecular weight is 241 g/mol. The number of rotatable bonds is 5. The Hall–Kier alpha value is -1.13. The van der Waals surface area contributed by atoms with Crippen molar-refractivity contribution in [3.8, 4) is 5.75 Å². The predicted octanol–water partition coefficient (Wildman–Crippen LogP) is 2.04. The van der Waals surface area contributed by atoms with E-state index in [0.29, 0.717) is 5.75 Å². The number of ether oxygens (including phenoxy) is 1. The second kappa shape index (κ2) is 5.47. The van der Waals surface area contributed by atoms with E-state index in [9.17, 15) is 9.50 Å². The zero-order valence-corrected chi connectivity index (χ0v) is 10.7. The lowest BCUT2D eigenvalue weighted by Crippen LogP contribution is -2.39. The van der Waals surface area contributed by atoms with Crippen LogP contribution in [0.25, 0.3) is 0 Å². The smallest absolute Gasteiger partial charge is 0.133 e. The maximum atomic E-state index is 13.8. The van der Waals surface area contributed by atoms with Crippen LogP contribution in [0.4, 0.5) is 4.39 Å². The summed E-state index contributed by atoms with van der Waals surface area (Å²) in [5.41, 5.74) is -1.11. The van der Waals surface area contributed by atoms with Crippen LogP contribution in [-0.4, -0.2) is 24.8 Å². The van der Waals surface area contributed by atoms with Crippen LogP contribution in [0.5, 0.6) is 5.75 Å². The van der Waals surface area contributed by atoms with E-state index >= 15 is 0 Å². The van der Waals surface area contributed by atoms with Gasteiger partial charge in [-0.05, 0) is 19.1 Å². The molecule has 2 N–H and O–H groups in total. The summed E-state index contributed by atoms with van der Waals surface area (Å²) in [6, 6.07) is 4.74. The fourth-order valence-corrected chi connectivity index (χ4v) is 1.69. The standard InChI is InChI=1S/C13H20FNO2/c1-9(2)15-8-13(3,16)12-10(14)6-5-7-11(12)17-4/h5-7,9,15-16H,8H2,1-4H3. The molecule has 0 aromatic heterocycles. The first-order chi connectivity index (χ1) is 7.88. The largest absolute Gasteiger partial charge is 0.496 e. The molecule has 1 unspecified atom stereocenters. The minimum atomic E-state index is -1.30. The molecule has 0 saturated carbocycles. The van der Waals surface area contributed by atoms with Crippen molar-refractivity contribution in [3.63, 3.8) is 0 Å². The Labute approximate surface area is 102 Å². The highest BCUT2D eigenvalue weighted by molar-refractivity contribution is 5.39. The molecular formula is C13H20FNO2. The van der Waals surface area contributed by atoms with Gasteiger partial charge in [0.1, 0.15) is 17.2 Å². The molecule has 3 nitrogen and oxygen atoms in total. The van der Waals surface area contributed by atoms with Gasteiger partial charge in [-0.25, -0.2) is 4.39 Å². The van der Waals surface area contributed by atoms with Gasteiger partial charge in [-0.15, -0.1) is 0 Å². The van der Waals surface area contributed by atoms with Gasteiger partial charge in [0, 0.05) is 12.6 Å². The van der Waals surface area contributed by atoms with Crippen LogP contribution in [0.3, 0.4) is 0 Å². The number of halogens is 1. The van der Waals surface area contributed by atoms with Crippen molar-refractivity contribution in [2.24, 2.45) is 0 Å². The van der Waals surface area contributed by atoms with Crippen LogP contribution >= 0.6 is 0 Å². The Morgan fingerprint density at radius 1 is 1.47 bits per heavy atom. The van der Waals surface area contributed by atoms with Crippen LogP contribution in [0.1, 0.15) is 26.3 Å². The second-order valence-corrected chi connectivity index (χ2v) is 4.63. The molecule has 0 radical (unpaired) electrons. The third-order valence-electron chi connectivity index (χ3n) is 2.59. The Kier molecular flexibility index (Phi) is 4.48. The molecule has 1 rings (SSSR count). The van der Waals surface area contributed by atoms with E-state index in [1.54, 1.807) is 19.1 Å². The van der Waals surface area contributed by atoms with Crippen molar-refractivity contribution in [2.45, 2.75) is 32.4 Å². The molecule has 0 aliphatic carbocycles. The number of benzene rings is 1. The second-order valence-electron chi connectivity index (χ2n) is 4.63. The monoisotopic (exact) mass is 241 g/mol.